The van der Waals surface area contributed by atoms with E-state index >= 15 is 0 Å². The molecule has 3 nitrogen and oxygen atoms in total. The Hall–Kier alpha value is -0.580. The summed E-state index contributed by atoms with van der Waals surface area (Å²) in [4.78, 5) is 0. The molecule has 0 fully saturated rings. The van der Waals surface area contributed by atoms with E-state index in [0.29, 0.717) is 12.0 Å². The van der Waals surface area contributed by atoms with Gasteiger partial charge in [-0.1, -0.05) is 29.8 Å². The first kappa shape index (κ1) is 14.8. The van der Waals surface area contributed by atoms with Gasteiger partial charge in [0, 0.05) is 36.2 Å². The van der Waals surface area contributed by atoms with Crippen LogP contribution in [0, 0.1) is 5.92 Å². The summed E-state index contributed by atoms with van der Waals surface area (Å²) in [6.45, 7) is 6.75. The first-order valence-corrected chi connectivity index (χ1v) is 7.57. The lowest BCUT2D eigenvalue weighted by molar-refractivity contribution is 0.146. The van der Waals surface area contributed by atoms with Gasteiger partial charge in [0.2, 0.25) is 0 Å². The van der Waals surface area contributed by atoms with Crippen molar-refractivity contribution in [2.75, 3.05) is 20.3 Å². The fourth-order valence-corrected chi connectivity index (χ4v) is 2.94. The lowest BCUT2D eigenvalue weighted by atomic mass is 10.0. The normalized spacial score (nSPS) is 15.4. The van der Waals surface area contributed by atoms with Gasteiger partial charge in [-0.15, -0.1) is 0 Å². The van der Waals surface area contributed by atoms with Crippen molar-refractivity contribution >= 4 is 15.9 Å². The van der Waals surface area contributed by atoms with Crippen LogP contribution in [0.5, 0.6) is 5.75 Å². The van der Waals surface area contributed by atoms with Gasteiger partial charge in [-0.05, 0) is 23.6 Å². The van der Waals surface area contributed by atoms with Crippen molar-refractivity contribution < 1.29 is 9.47 Å². The Morgan fingerprint density at radius 2 is 2.21 bits per heavy atom. The van der Waals surface area contributed by atoms with Crippen LogP contribution in [0.1, 0.15) is 25.0 Å². The Morgan fingerprint density at radius 3 is 2.89 bits per heavy atom. The maximum Gasteiger partial charge on any atom is 0.127 e. The number of hydrogen-bond donors (Lipinski definition) is 1. The van der Waals surface area contributed by atoms with Crippen LogP contribution in [0.3, 0.4) is 0 Å². The van der Waals surface area contributed by atoms with Crippen LogP contribution in [-0.2, 0) is 17.7 Å². The molecule has 4 heteroatoms. The molecular formula is C15H22BrNO2. The Morgan fingerprint density at radius 1 is 1.42 bits per heavy atom. The van der Waals surface area contributed by atoms with Crippen LogP contribution < -0.4 is 10.1 Å². The number of methoxy groups -OCH3 is 1. The molecule has 0 radical (unpaired) electrons. The van der Waals surface area contributed by atoms with Gasteiger partial charge in [0.05, 0.1) is 13.2 Å². The van der Waals surface area contributed by atoms with E-state index in [0.717, 1.165) is 36.4 Å². The second kappa shape index (κ2) is 6.73. The molecule has 1 unspecified atom stereocenters. The van der Waals surface area contributed by atoms with Gasteiger partial charge >= 0.3 is 0 Å². The van der Waals surface area contributed by atoms with Gasteiger partial charge in [-0.2, -0.15) is 0 Å². The van der Waals surface area contributed by atoms with Crippen LogP contribution in [-0.4, -0.2) is 26.4 Å². The van der Waals surface area contributed by atoms with E-state index in [1.165, 1.54) is 11.1 Å². The fourth-order valence-electron chi connectivity index (χ4n) is 2.39. The minimum Gasteiger partial charge on any atom is -0.493 e. The molecule has 19 heavy (non-hydrogen) atoms. The van der Waals surface area contributed by atoms with Gasteiger partial charge in [0.25, 0.3) is 0 Å². The lowest BCUT2D eigenvalue weighted by Gasteiger charge is -2.22. The summed E-state index contributed by atoms with van der Waals surface area (Å²) < 4.78 is 12.1. The quantitative estimate of drug-likeness (QED) is 0.870. The molecule has 1 atom stereocenters. The fraction of sp³-hybridized carbons (Fsp3) is 0.600. The van der Waals surface area contributed by atoms with Crippen molar-refractivity contribution in [3.05, 3.63) is 27.7 Å². The molecular weight excluding hydrogens is 306 g/mol. The molecule has 1 aliphatic rings. The topological polar surface area (TPSA) is 30.5 Å². The molecule has 0 bridgehead atoms. The summed E-state index contributed by atoms with van der Waals surface area (Å²) >= 11 is 3.57. The van der Waals surface area contributed by atoms with Gasteiger partial charge in [0.1, 0.15) is 5.75 Å². The summed E-state index contributed by atoms with van der Waals surface area (Å²) in [5.41, 5.74) is 2.53. The molecule has 2 rings (SSSR count). The molecule has 0 spiro atoms. The summed E-state index contributed by atoms with van der Waals surface area (Å²) in [6, 6.07) is 4.66. The van der Waals surface area contributed by atoms with Crippen molar-refractivity contribution in [2.24, 2.45) is 5.92 Å². The minimum atomic E-state index is 0.362. The third-order valence-electron chi connectivity index (χ3n) is 3.53. The lowest BCUT2D eigenvalue weighted by Crippen LogP contribution is -2.37. The third-order valence-corrected chi connectivity index (χ3v) is 3.99. The molecule has 1 heterocycles. The molecule has 1 aromatic carbocycles. The van der Waals surface area contributed by atoms with Gasteiger partial charge in [-0.3, -0.25) is 0 Å². The predicted molar refractivity (Wildman–Crippen MR) is 80.7 cm³/mol. The van der Waals surface area contributed by atoms with Crippen molar-refractivity contribution in [1.29, 1.82) is 0 Å². The highest BCUT2D eigenvalue weighted by Gasteiger charge is 2.19. The van der Waals surface area contributed by atoms with E-state index in [1.54, 1.807) is 7.11 Å². The van der Waals surface area contributed by atoms with E-state index in [4.69, 9.17) is 9.47 Å². The highest BCUT2D eigenvalue weighted by Crippen LogP contribution is 2.33. The predicted octanol–water partition coefficient (Wildman–Crippen LogP) is 3.14. The highest BCUT2D eigenvalue weighted by molar-refractivity contribution is 9.10. The van der Waals surface area contributed by atoms with E-state index in [9.17, 15) is 0 Å². The van der Waals surface area contributed by atoms with Crippen LogP contribution >= 0.6 is 15.9 Å². The van der Waals surface area contributed by atoms with E-state index in [2.05, 4.69) is 47.2 Å². The van der Waals surface area contributed by atoms with Crippen molar-refractivity contribution in [3.8, 4) is 5.75 Å². The number of rotatable bonds is 6. The zero-order chi connectivity index (χ0) is 13.8. The first-order valence-electron chi connectivity index (χ1n) is 6.78. The average molecular weight is 328 g/mol. The molecule has 0 saturated carbocycles. The smallest absolute Gasteiger partial charge is 0.127 e. The minimum absolute atomic E-state index is 0.362. The Kier molecular flexibility index (Phi) is 5.25. The van der Waals surface area contributed by atoms with E-state index in [-0.39, 0.29) is 0 Å². The zero-order valence-corrected chi connectivity index (χ0v) is 13.4. The van der Waals surface area contributed by atoms with Gasteiger partial charge < -0.3 is 14.8 Å². The molecule has 106 valence electrons. The molecule has 0 amide bonds. The van der Waals surface area contributed by atoms with E-state index in [1.807, 2.05) is 0 Å². The molecule has 0 saturated heterocycles. The van der Waals surface area contributed by atoms with Crippen molar-refractivity contribution in [1.82, 2.24) is 5.32 Å². The Bertz CT molecular complexity index is 434. The van der Waals surface area contributed by atoms with Gasteiger partial charge in [0.15, 0.2) is 0 Å². The summed E-state index contributed by atoms with van der Waals surface area (Å²) in [5.74, 6) is 1.61. The largest absolute Gasteiger partial charge is 0.493 e. The Labute approximate surface area is 123 Å². The highest BCUT2D eigenvalue weighted by atomic mass is 79.9. The SMILES string of the molecule is COCC(NCc1cc(Br)cc2c1OCC2)C(C)C. The van der Waals surface area contributed by atoms with Gasteiger partial charge in [-0.25, -0.2) is 0 Å². The zero-order valence-electron chi connectivity index (χ0n) is 11.8. The summed E-state index contributed by atoms with van der Waals surface area (Å²) in [5, 5.41) is 3.57. The number of benzene rings is 1. The molecule has 1 N–H and O–H groups in total. The monoisotopic (exact) mass is 327 g/mol. The maximum atomic E-state index is 5.75. The second-order valence-corrected chi connectivity index (χ2v) is 6.25. The second-order valence-electron chi connectivity index (χ2n) is 5.34. The number of nitrogens with one attached hydrogen (secondary N) is 1. The summed E-state index contributed by atoms with van der Waals surface area (Å²) in [6.07, 6.45) is 1.01. The Balaban J connectivity index is 2.07. The number of hydrogen-bond acceptors (Lipinski definition) is 3. The van der Waals surface area contributed by atoms with Crippen LogP contribution in [0.25, 0.3) is 0 Å². The molecule has 1 aliphatic heterocycles. The van der Waals surface area contributed by atoms with Crippen molar-refractivity contribution in [3.63, 3.8) is 0 Å². The summed E-state index contributed by atoms with van der Waals surface area (Å²) in [7, 11) is 1.75. The van der Waals surface area contributed by atoms with Crippen LogP contribution in [0.4, 0.5) is 0 Å². The van der Waals surface area contributed by atoms with E-state index < -0.39 is 0 Å². The number of halogens is 1. The molecule has 0 aromatic heterocycles. The first-order chi connectivity index (χ1) is 9.11. The maximum absolute atomic E-state index is 5.75. The number of ether oxygens (including phenoxy) is 2. The van der Waals surface area contributed by atoms with Crippen molar-refractivity contribution in [2.45, 2.75) is 32.9 Å². The average Bonchev–Trinajstić information content (AvgIpc) is 2.81. The molecule has 1 aromatic rings. The standard InChI is InChI=1S/C15H22BrNO2/c1-10(2)14(9-18-3)17-8-12-7-13(16)6-11-4-5-19-15(11)12/h6-7,10,14,17H,4-5,8-9H2,1-3H3. The van der Waals surface area contributed by atoms with Crippen LogP contribution in [0.15, 0.2) is 16.6 Å². The third kappa shape index (κ3) is 3.71. The molecule has 0 aliphatic carbocycles. The number of fused-ring (bicyclic) bond motifs is 1. The van der Waals surface area contributed by atoms with Crippen LogP contribution in [0.2, 0.25) is 0 Å².